The standard InChI is InChI=1S/C13H11N/c1-9-8-11-7-6-10-4-2-3-5-12(10)13(11)14-9/h2-7H,8H2,1H3. The van der Waals surface area contributed by atoms with Crippen LogP contribution in [0.3, 0.4) is 0 Å². The molecule has 0 aliphatic carbocycles. The van der Waals surface area contributed by atoms with E-state index in [0.717, 1.165) is 6.42 Å². The molecule has 1 aliphatic heterocycles. The molecule has 0 amide bonds. The fourth-order valence-electron chi connectivity index (χ4n) is 2.08. The summed E-state index contributed by atoms with van der Waals surface area (Å²) in [5.74, 6) is 0. The smallest absolute Gasteiger partial charge is 0.0743 e. The first kappa shape index (κ1) is 7.74. The summed E-state index contributed by atoms with van der Waals surface area (Å²) in [4.78, 5) is 4.60. The quantitative estimate of drug-likeness (QED) is 0.590. The molecule has 14 heavy (non-hydrogen) atoms. The highest BCUT2D eigenvalue weighted by Crippen LogP contribution is 2.34. The number of hydrogen-bond donors (Lipinski definition) is 0. The fraction of sp³-hybridized carbons (Fsp3) is 0.154. The zero-order valence-corrected chi connectivity index (χ0v) is 8.12. The summed E-state index contributed by atoms with van der Waals surface area (Å²) in [5.41, 5.74) is 3.76. The molecular formula is C13H11N. The van der Waals surface area contributed by atoms with Gasteiger partial charge in [-0.3, -0.25) is 4.99 Å². The van der Waals surface area contributed by atoms with Crippen LogP contribution in [0.2, 0.25) is 0 Å². The van der Waals surface area contributed by atoms with E-state index in [-0.39, 0.29) is 0 Å². The molecule has 0 fully saturated rings. The first-order valence-corrected chi connectivity index (χ1v) is 4.89. The van der Waals surface area contributed by atoms with Crippen LogP contribution in [-0.4, -0.2) is 5.71 Å². The van der Waals surface area contributed by atoms with E-state index in [1.807, 2.05) is 0 Å². The summed E-state index contributed by atoms with van der Waals surface area (Å²) in [6.45, 7) is 2.09. The van der Waals surface area contributed by atoms with Crippen molar-refractivity contribution >= 4 is 22.2 Å². The van der Waals surface area contributed by atoms with Crippen molar-refractivity contribution in [3.05, 3.63) is 42.0 Å². The number of nitrogens with zero attached hydrogens (tertiary/aromatic N) is 1. The van der Waals surface area contributed by atoms with Crippen molar-refractivity contribution in [1.82, 2.24) is 0 Å². The van der Waals surface area contributed by atoms with Crippen LogP contribution in [0.5, 0.6) is 0 Å². The summed E-state index contributed by atoms with van der Waals surface area (Å²) >= 11 is 0. The lowest BCUT2D eigenvalue weighted by Crippen LogP contribution is -1.87. The van der Waals surface area contributed by atoms with Crippen molar-refractivity contribution in [3.8, 4) is 0 Å². The van der Waals surface area contributed by atoms with Gasteiger partial charge in [-0.15, -0.1) is 0 Å². The van der Waals surface area contributed by atoms with E-state index in [1.54, 1.807) is 0 Å². The molecule has 0 saturated heterocycles. The Morgan fingerprint density at radius 1 is 1.07 bits per heavy atom. The van der Waals surface area contributed by atoms with E-state index in [0.29, 0.717) is 0 Å². The van der Waals surface area contributed by atoms with E-state index in [1.165, 1.54) is 27.7 Å². The maximum absolute atomic E-state index is 4.60. The number of hydrogen-bond acceptors (Lipinski definition) is 1. The van der Waals surface area contributed by atoms with Gasteiger partial charge in [-0.2, -0.15) is 0 Å². The van der Waals surface area contributed by atoms with Gasteiger partial charge in [0.1, 0.15) is 0 Å². The molecular weight excluding hydrogens is 170 g/mol. The average Bonchev–Trinajstić information content (AvgIpc) is 2.59. The Hall–Kier alpha value is -1.63. The molecule has 0 N–H and O–H groups in total. The van der Waals surface area contributed by atoms with Crippen LogP contribution >= 0.6 is 0 Å². The molecule has 0 spiro atoms. The number of fused-ring (bicyclic) bond motifs is 3. The SMILES string of the molecule is CC1=Nc2c(ccc3ccccc23)C1. The Labute approximate surface area is 83.1 Å². The van der Waals surface area contributed by atoms with Crippen LogP contribution in [0.1, 0.15) is 12.5 Å². The van der Waals surface area contributed by atoms with Gasteiger partial charge in [0.2, 0.25) is 0 Å². The molecule has 2 aromatic rings. The molecule has 3 rings (SSSR count). The van der Waals surface area contributed by atoms with Crippen LogP contribution in [0.4, 0.5) is 5.69 Å². The predicted molar refractivity (Wildman–Crippen MR) is 60.4 cm³/mol. The molecule has 1 aliphatic rings. The van der Waals surface area contributed by atoms with Gasteiger partial charge in [0, 0.05) is 17.5 Å². The third-order valence-electron chi connectivity index (χ3n) is 2.73. The van der Waals surface area contributed by atoms with Crippen molar-refractivity contribution in [2.24, 2.45) is 4.99 Å². The van der Waals surface area contributed by atoms with Crippen molar-refractivity contribution in [2.45, 2.75) is 13.3 Å². The molecule has 0 atom stereocenters. The normalized spacial score (nSPS) is 14.2. The zero-order valence-electron chi connectivity index (χ0n) is 8.12. The molecule has 0 saturated carbocycles. The Balaban J connectivity index is 2.42. The molecule has 1 nitrogen and oxygen atoms in total. The minimum absolute atomic E-state index is 1.01. The maximum Gasteiger partial charge on any atom is 0.0743 e. The van der Waals surface area contributed by atoms with Crippen LogP contribution in [0.15, 0.2) is 41.4 Å². The maximum atomic E-state index is 4.60. The fourth-order valence-corrected chi connectivity index (χ4v) is 2.08. The largest absolute Gasteiger partial charge is 0.257 e. The summed E-state index contributed by atoms with van der Waals surface area (Å²) in [6, 6.07) is 12.8. The molecule has 0 radical (unpaired) electrons. The first-order valence-electron chi connectivity index (χ1n) is 4.89. The topological polar surface area (TPSA) is 12.4 Å². The molecule has 68 valence electrons. The highest BCUT2D eigenvalue weighted by atomic mass is 14.8. The summed E-state index contributed by atoms with van der Waals surface area (Å²) in [5, 5.41) is 2.56. The summed E-state index contributed by atoms with van der Waals surface area (Å²) in [7, 11) is 0. The lowest BCUT2D eigenvalue weighted by Gasteiger charge is -2.02. The van der Waals surface area contributed by atoms with Gasteiger partial charge < -0.3 is 0 Å². The molecule has 1 heterocycles. The molecule has 2 aromatic carbocycles. The van der Waals surface area contributed by atoms with Crippen molar-refractivity contribution in [2.75, 3.05) is 0 Å². The second-order valence-corrected chi connectivity index (χ2v) is 3.82. The lowest BCUT2D eigenvalue weighted by atomic mass is 10.0. The van der Waals surface area contributed by atoms with Crippen molar-refractivity contribution in [1.29, 1.82) is 0 Å². The monoisotopic (exact) mass is 181 g/mol. The average molecular weight is 181 g/mol. The predicted octanol–water partition coefficient (Wildman–Crippen LogP) is 3.49. The van der Waals surface area contributed by atoms with Gasteiger partial charge in [0.25, 0.3) is 0 Å². The molecule has 0 aromatic heterocycles. The van der Waals surface area contributed by atoms with Gasteiger partial charge in [-0.25, -0.2) is 0 Å². The molecule has 1 heteroatoms. The third-order valence-corrected chi connectivity index (χ3v) is 2.73. The summed E-state index contributed by atoms with van der Waals surface area (Å²) < 4.78 is 0. The van der Waals surface area contributed by atoms with Crippen molar-refractivity contribution in [3.63, 3.8) is 0 Å². The van der Waals surface area contributed by atoms with E-state index < -0.39 is 0 Å². The van der Waals surface area contributed by atoms with Gasteiger partial charge in [-0.1, -0.05) is 36.4 Å². The van der Waals surface area contributed by atoms with E-state index in [2.05, 4.69) is 48.3 Å². The number of benzene rings is 2. The second-order valence-electron chi connectivity index (χ2n) is 3.82. The Kier molecular flexibility index (Phi) is 1.48. The third kappa shape index (κ3) is 0.987. The Bertz CT molecular complexity index is 538. The van der Waals surface area contributed by atoms with Gasteiger partial charge >= 0.3 is 0 Å². The van der Waals surface area contributed by atoms with Crippen LogP contribution in [0, 0.1) is 0 Å². The van der Waals surface area contributed by atoms with E-state index >= 15 is 0 Å². The minimum Gasteiger partial charge on any atom is -0.257 e. The number of aliphatic imine (C=N–C) groups is 1. The van der Waals surface area contributed by atoms with Crippen LogP contribution in [-0.2, 0) is 6.42 Å². The lowest BCUT2D eigenvalue weighted by molar-refractivity contribution is 1.40. The second kappa shape index (κ2) is 2.68. The van der Waals surface area contributed by atoms with Crippen molar-refractivity contribution < 1.29 is 0 Å². The Morgan fingerprint density at radius 3 is 2.86 bits per heavy atom. The van der Waals surface area contributed by atoms with Gasteiger partial charge in [-0.05, 0) is 17.9 Å². The van der Waals surface area contributed by atoms with Crippen LogP contribution < -0.4 is 0 Å². The summed E-state index contributed by atoms with van der Waals surface area (Å²) in [6.07, 6.45) is 1.01. The highest BCUT2D eigenvalue weighted by Gasteiger charge is 2.13. The van der Waals surface area contributed by atoms with Crippen LogP contribution in [0.25, 0.3) is 10.8 Å². The zero-order chi connectivity index (χ0) is 9.54. The first-order chi connectivity index (χ1) is 6.84. The minimum atomic E-state index is 1.01. The molecule has 0 unspecified atom stereocenters. The van der Waals surface area contributed by atoms with Gasteiger partial charge in [0.05, 0.1) is 5.69 Å². The number of rotatable bonds is 0. The van der Waals surface area contributed by atoms with E-state index in [4.69, 9.17) is 0 Å². The van der Waals surface area contributed by atoms with E-state index in [9.17, 15) is 0 Å². The van der Waals surface area contributed by atoms with Gasteiger partial charge in [0.15, 0.2) is 0 Å². The Morgan fingerprint density at radius 2 is 1.93 bits per heavy atom. The highest BCUT2D eigenvalue weighted by molar-refractivity contribution is 6.02. The molecule has 0 bridgehead atoms.